The summed E-state index contributed by atoms with van der Waals surface area (Å²) in [4.78, 5) is 42.6. The highest BCUT2D eigenvalue weighted by atomic mass is 16.6. The molecule has 14 nitrogen and oxygen atoms in total. The second kappa shape index (κ2) is 11.5. The van der Waals surface area contributed by atoms with Crippen LogP contribution in [0.15, 0.2) is 28.8 Å². The van der Waals surface area contributed by atoms with Gasteiger partial charge in [0.1, 0.15) is 34.7 Å². The molecule has 0 bridgehead atoms. The van der Waals surface area contributed by atoms with E-state index >= 15 is 0 Å². The van der Waals surface area contributed by atoms with Crippen LogP contribution < -0.4 is 26.0 Å². The van der Waals surface area contributed by atoms with E-state index < -0.39 is 28.4 Å². The second-order valence-corrected chi connectivity index (χ2v) is 13.1. The summed E-state index contributed by atoms with van der Waals surface area (Å²) >= 11 is 0. The number of hydrogen-bond donors (Lipinski definition) is 4. The molecule has 2 aromatic heterocycles. The third-order valence-corrected chi connectivity index (χ3v) is 6.76. The Morgan fingerprint density at radius 3 is 2.41 bits per heavy atom. The molecule has 2 heterocycles. The van der Waals surface area contributed by atoms with Crippen LogP contribution in [0.1, 0.15) is 62.8 Å². The van der Waals surface area contributed by atoms with Crippen molar-refractivity contribution in [2.75, 3.05) is 17.7 Å². The topological polar surface area (TPSA) is 182 Å². The van der Waals surface area contributed by atoms with Crippen LogP contribution in [0.25, 0.3) is 11.5 Å². The lowest BCUT2D eigenvalue weighted by Gasteiger charge is -2.22. The van der Waals surface area contributed by atoms with E-state index in [-0.39, 0.29) is 29.2 Å². The van der Waals surface area contributed by atoms with Gasteiger partial charge in [-0.05, 0) is 63.8 Å². The number of carbonyl (C=O) groups is 3. The summed E-state index contributed by atoms with van der Waals surface area (Å²) in [6.45, 7) is 5.37. The van der Waals surface area contributed by atoms with Gasteiger partial charge in [0.25, 0.3) is 11.8 Å². The summed E-state index contributed by atoms with van der Waals surface area (Å²) in [6, 6.07) is 6.82. The summed E-state index contributed by atoms with van der Waals surface area (Å²) in [5.41, 5.74) is -0.144. The number of nitrogens with zero attached hydrogens (tertiary/aromatic N) is 4. The van der Waals surface area contributed by atoms with E-state index in [2.05, 4.69) is 41.6 Å². The summed E-state index contributed by atoms with van der Waals surface area (Å²) in [5.74, 6) is 0.441. The van der Waals surface area contributed by atoms with E-state index in [4.69, 9.17) is 14.0 Å². The molecule has 3 aromatic rings. The predicted octanol–water partition coefficient (Wildman–Crippen LogP) is 0.382. The van der Waals surface area contributed by atoms with Crippen molar-refractivity contribution < 1.29 is 28.4 Å². The van der Waals surface area contributed by atoms with E-state index in [1.165, 1.54) is 7.11 Å². The number of aromatic nitrogens is 4. The molecule has 2 fully saturated rings. The number of para-hydroxylation sites is 1. The number of ether oxygens (including phenoxy) is 2. The van der Waals surface area contributed by atoms with Gasteiger partial charge in [-0.1, -0.05) is 11.2 Å². The van der Waals surface area contributed by atoms with Gasteiger partial charge in [0.15, 0.2) is 23.1 Å². The first-order valence-corrected chi connectivity index (χ1v) is 14.5. The summed E-state index contributed by atoms with van der Waals surface area (Å²) in [6.07, 6.45) is 2.37. The van der Waals surface area contributed by atoms with Crippen molar-refractivity contribution in [2.24, 2.45) is 5.92 Å². The van der Waals surface area contributed by atoms with Crippen molar-refractivity contribution in [1.82, 2.24) is 31.0 Å². The van der Waals surface area contributed by atoms with Gasteiger partial charge in [-0.15, -0.1) is 10.2 Å². The van der Waals surface area contributed by atoms with Gasteiger partial charge in [0.05, 0.1) is 24.0 Å². The second-order valence-electron chi connectivity index (χ2n) is 13.1. The first-order chi connectivity index (χ1) is 20.7. The first kappa shape index (κ1) is 30.9. The molecule has 2 saturated carbocycles. The van der Waals surface area contributed by atoms with Gasteiger partial charge in [0.2, 0.25) is 5.91 Å². The fourth-order valence-corrected chi connectivity index (χ4v) is 4.41. The number of benzene rings is 1. The third kappa shape index (κ3) is 7.32. The SMILES string of the molecule is BC(B)(B)NC(=O)c1nnc(NC(=O)C2CC2)cc1Nc1cccc(-c2nc(C3(NC(=O)OC(C)(C)C)CC3)no2)c1OC. The van der Waals surface area contributed by atoms with Crippen LogP contribution in [-0.2, 0) is 15.1 Å². The molecular weight excluding hydrogens is 565 g/mol. The van der Waals surface area contributed by atoms with E-state index in [0.29, 0.717) is 41.4 Å². The molecule has 17 heteroatoms. The summed E-state index contributed by atoms with van der Waals surface area (Å²) < 4.78 is 16.8. The van der Waals surface area contributed by atoms with Crippen LogP contribution in [-0.4, -0.2) is 79.7 Å². The zero-order valence-corrected chi connectivity index (χ0v) is 26.0. The van der Waals surface area contributed by atoms with Crippen LogP contribution in [0.4, 0.5) is 22.0 Å². The minimum absolute atomic E-state index is 0.0285. The van der Waals surface area contributed by atoms with Crippen LogP contribution >= 0.6 is 0 Å². The Bertz CT molecular complexity index is 1590. The number of carbonyl (C=O) groups excluding carboxylic acids is 3. The number of methoxy groups -OCH3 is 1. The van der Waals surface area contributed by atoms with Gasteiger partial charge < -0.3 is 35.3 Å². The van der Waals surface area contributed by atoms with Gasteiger partial charge in [0, 0.05) is 12.0 Å². The molecule has 0 spiro atoms. The highest BCUT2D eigenvalue weighted by Crippen LogP contribution is 2.46. The zero-order chi connectivity index (χ0) is 31.9. The third-order valence-electron chi connectivity index (χ3n) is 6.76. The molecule has 3 amide bonds. The van der Waals surface area contributed by atoms with Gasteiger partial charge >= 0.3 is 6.09 Å². The Morgan fingerprint density at radius 2 is 1.80 bits per heavy atom. The van der Waals surface area contributed by atoms with E-state index in [9.17, 15) is 14.4 Å². The molecule has 0 atom stereocenters. The van der Waals surface area contributed by atoms with E-state index in [1.54, 1.807) is 45.0 Å². The molecule has 0 aliphatic heterocycles. The first-order valence-electron chi connectivity index (χ1n) is 14.5. The minimum atomic E-state index is -0.771. The van der Waals surface area contributed by atoms with Crippen LogP contribution in [0, 0.1) is 5.92 Å². The monoisotopic (exact) mass is 600 g/mol. The maximum absolute atomic E-state index is 13.2. The molecular formula is C27H35B3N8O6. The highest BCUT2D eigenvalue weighted by molar-refractivity contribution is 6.60. The van der Waals surface area contributed by atoms with Gasteiger partial charge in [-0.3, -0.25) is 9.59 Å². The average Bonchev–Trinajstić information content (AvgIpc) is 3.85. The number of hydrogen-bond acceptors (Lipinski definition) is 11. The Hall–Kier alpha value is -4.56. The van der Waals surface area contributed by atoms with Gasteiger partial charge in [-0.2, -0.15) is 4.98 Å². The molecule has 2 aliphatic rings. The maximum atomic E-state index is 13.2. The highest BCUT2D eigenvalue weighted by Gasteiger charge is 2.51. The number of rotatable bonds is 10. The van der Waals surface area contributed by atoms with Crippen molar-refractivity contribution in [3.05, 3.63) is 35.8 Å². The largest absolute Gasteiger partial charge is 0.494 e. The van der Waals surface area contributed by atoms with Crippen LogP contribution in [0.2, 0.25) is 0 Å². The molecule has 4 N–H and O–H groups in total. The van der Waals surface area contributed by atoms with Crippen molar-refractivity contribution in [3.8, 4) is 17.2 Å². The number of alkyl carbamates (subject to hydrolysis) is 1. The Balaban J connectivity index is 1.44. The molecule has 228 valence electrons. The molecule has 2 aliphatic carbocycles. The molecule has 0 unspecified atom stereocenters. The normalized spacial score (nSPS) is 15.5. The average molecular weight is 600 g/mol. The van der Waals surface area contributed by atoms with Gasteiger partial charge in [-0.25, -0.2) is 4.79 Å². The van der Waals surface area contributed by atoms with Crippen molar-refractivity contribution in [1.29, 1.82) is 0 Å². The Labute approximate surface area is 257 Å². The molecule has 5 rings (SSSR count). The maximum Gasteiger partial charge on any atom is 0.408 e. The smallest absolute Gasteiger partial charge is 0.408 e. The quantitative estimate of drug-likeness (QED) is 0.236. The fourth-order valence-electron chi connectivity index (χ4n) is 4.41. The lowest BCUT2D eigenvalue weighted by molar-refractivity contribution is -0.117. The van der Waals surface area contributed by atoms with E-state index in [0.717, 1.165) is 12.8 Å². The van der Waals surface area contributed by atoms with Crippen LogP contribution in [0.3, 0.4) is 0 Å². The molecule has 1 aromatic carbocycles. The molecule has 0 radical (unpaired) electrons. The lowest BCUT2D eigenvalue weighted by Crippen LogP contribution is -2.50. The standard InChI is InChI=1S/C27H35B3N8O6/c1-25(2,3)43-24(41)35-26(10-11-26)23-33-22(44-38-23)14-6-5-7-15(19(14)42-4)31-16-12-17(32-20(39)13-8-9-13)36-37-18(16)21(40)34-27(28,29)30/h5-7,12-13H,8-11,28-30H2,1-4H3,(H,34,40)(H,35,41)(H2,31,32,36,39). The minimum Gasteiger partial charge on any atom is -0.494 e. The van der Waals surface area contributed by atoms with E-state index in [1.807, 2.05) is 23.5 Å². The van der Waals surface area contributed by atoms with Crippen LogP contribution in [0.5, 0.6) is 5.75 Å². The molecule has 0 saturated heterocycles. The number of nitrogens with one attached hydrogen (secondary N) is 4. The Morgan fingerprint density at radius 1 is 1.07 bits per heavy atom. The molecule has 44 heavy (non-hydrogen) atoms. The fraction of sp³-hybridized carbons (Fsp3) is 0.444. The van der Waals surface area contributed by atoms with Crippen molar-refractivity contribution >= 4 is 58.6 Å². The number of anilines is 3. The number of amides is 3. The zero-order valence-electron chi connectivity index (χ0n) is 26.0. The summed E-state index contributed by atoms with van der Waals surface area (Å²) in [7, 11) is 7.06. The Kier molecular flexibility index (Phi) is 8.08. The lowest BCUT2D eigenvalue weighted by atomic mass is 9.49. The van der Waals surface area contributed by atoms with Crippen molar-refractivity contribution in [3.63, 3.8) is 0 Å². The van der Waals surface area contributed by atoms with Crippen molar-refractivity contribution in [2.45, 2.75) is 62.8 Å². The predicted molar refractivity (Wildman–Crippen MR) is 169 cm³/mol. The summed E-state index contributed by atoms with van der Waals surface area (Å²) in [5, 5.41) is 23.6.